The van der Waals surface area contributed by atoms with Gasteiger partial charge in [-0.2, -0.15) is 0 Å². The lowest BCUT2D eigenvalue weighted by atomic mass is 9.86. The summed E-state index contributed by atoms with van der Waals surface area (Å²) in [6.45, 7) is 8.50. The van der Waals surface area contributed by atoms with E-state index in [1.165, 1.54) is 25.7 Å². The highest BCUT2D eigenvalue weighted by Crippen LogP contribution is 2.23. The molecule has 1 amide bonds. The molecule has 0 aromatic rings. The molecule has 1 aliphatic carbocycles. The number of nitrogens with zero attached hydrogens (tertiary/aromatic N) is 1. The van der Waals surface area contributed by atoms with Crippen molar-refractivity contribution in [1.29, 1.82) is 0 Å². The monoisotopic (exact) mass is 226 g/mol. The predicted molar refractivity (Wildman–Crippen MR) is 67.4 cm³/mol. The number of rotatable bonds is 5. The number of carbonyl (C=O) groups is 1. The molecule has 0 bridgehead atoms. The van der Waals surface area contributed by atoms with Crippen molar-refractivity contribution in [2.75, 3.05) is 19.6 Å². The van der Waals surface area contributed by atoms with Gasteiger partial charge < -0.3 is 10.2 Å². The van der Waals surface area contributed by atoms with Crippen molar-refractivity contribution in [2.24, 2.45) is 5.92 Å². The standard InChI is InChI=1S/C13H26N2O/c1-4-15(5-2)13(16)10-14-12-9-7-6-8-11(12)3/h11-12,14H,4-10H2,1-3H3. The fourth-order valence-corrected chi connectivity index (χ4v) is 2.53. The molecule has 0 spiro atoms. The van der Waals surface area contributed by atoms with Gasteiger partial charge in [0.15, 0.2) is 0 Å². The maximum Gasteiger partial charge on any atom is 0.236 e. The second-order valence-corrected chi connectivity index (χ2v) is 4.82. The Morgan fingerprint density at radius 3 is 2.44 bits per heavy atom. The van der Waals surface area contributed by atoms with Gasteiger partial charge in [-0.25, -0.2) is 0 Å². The first-order valence-corrected chi connectivity index (χ1v) is 6.70. The van der Waals surface area contributed by atoms with Crippen molar-refractivity contribution in [3.8, 4) is 0 Å². The highest BCUT2D eigenvalue weighted by Gasteiger charge is 2.21. The number of likely N-dealkylation sites (N-methyl/N-ethyl adjacent to an activating group) is 1. The lowest BCUT2D eigenvalue weighted by Gasteiger charge is -2.30. The fourth-order valence-electron chi connectivity index (χ4n) is 2.53. The zero-order valence-corrected chi connectivity index (χ0v) is 11.0. The summed E-state index contributed by atoms with van der Waals surface area (Å²) in [5.74, 6) is 0.959. The predicted octanol–water partition coefficient (Wildman–Crippen LogP) is 2.02. The number of hydrogen-bond donors (Lipinski definition) is 1. The van der Waals surface area contributed by atoms with Gasteiger partial charge in [0, 0.05) is 19.1 Å². The molecule has 2 atom stereocenters. The van der Waals surface area contributed by atoms with Gasteiger partial charge in [0.2, 0.25) is 5.91 Å². The molecule has 0 aromatic carbocycles. The molecular formula is C13H26N2O. The SMILES string of the molecule is CCN(CC)C(=O)CNC1CCCCC1C. The number of carbonyl (C=O) groups excluding carboxylic acids is 1. The van der Waals surface area contributed by atoms with Crippen molar-refractivity contribution in [3.05, 3.63) is 0 Å². The normalized spacial score (nSPS) is 25.4. The first-order chi connectivity index (χ1) is 7.69. The fraction of sp³-hybridized carbons (Fsp3) is 0.923. The van der Waals surface area contributed by atoms with Crippen LogP contribution >= 0.6 is 0 Å². The van der Waals surface area contributed by atoms with Gasteiger partial charge in [0.25, 0.3) is 0 Å². The van der Waals surface area contributed by atoms with Gasteiger partial charge in [0.1, 0.15) is 0 Å². The van der Waals surface area contributed by atoms with Crippen LogP contribution in [0.1, 0.15) is 46.5 Å². The van der Waals surface area contributed by atoms with E-state index in [0.29, 0.717) is 12.6 Å². The topological polar surface area (TPSA) is 32.3 Å². The Labute approximate surface area is 99.6 Å². The van der Waals surface area contributed by atoms with Crippen LogP contribution in [0.15, 0.2) is 0 Å². The van der Waals surface area contributed by atoms with Crippen LogP contribution in [0.3, 0.4) is 0 Å². The molecule has 1 aliphatic rings. The molecule has 1 fully saturated rings. The molecule has 0 aromatic heterocycles. The molecule has 2 unspecified atom stereocenters. The molecule has 3 nitrogen and oxygen atoms in total. The van der Waals surface area contributed by atoms with Crippen molar-refractivity contribution in [1.82, 2.24) is 10.2 Å². The van der Waals surface area contributed by atoms with Crippen LogP contribution in [-0.4, -0.2) is 36.5 Å². The Hall–Kier alpha value is -0.570. The van der Waals surface area contributed by atoms with Gasteiger partial charge in [-0.1, -0.05) is 19.8 Å². The molecule has 94 valence electrons. The van der Waals surface area contributed by atoms with E-state index in [2.05, 4.69) is 12.2 Å². The second-order valence-electron chi connectivity index (χ2n) is 4.82. The van der Waals surface area contributed by atoms with E-state index >= 15 is 0 Å². The Morgan fingerprint density at radius 2 is 1.88 bits per heavy atom. The molecule has 0 heterocycles. The summed E-state index contributed by atoms with van der Waals surface area (Å²) < 4.78 is 0. The lowest BCUT2D eigenvalue weighted by molar-refractivity contribution is -0.130. The van der Waals surface area contributed by atoms with Gasteiger partial charge in [-0.3, -0.25) is 4.79 Å². The summed E-state index contributed by atoms with van der Waals surface area (Å²) in [6, 6.07) is 0.549. The Bertz CT molecular complexity index is 214. The first kappa shape index (κ1) is 13.5. The van der Waals surface area contributed by atoms with E-state index in [0.717, 1.165) is 19.0 Å². The smallest absolute Gasteiger partial charge is 0.236 e. The largest absolute Gasteiger partial charge is 0.342 e. The number of amides is 1. The van der Waals surface area contributed by atoms with Crippen LogP contribution in [-0.2, 0) is 4.79 Å². The molecule has 0 aliphatic heterocycles. The average molecular weight is 226 g/mol. The van der Waals surface area contributed by atoms with Gasteiger partial charge >= 0.3 is 0 Å². The lowest BCUT2D eigenvalue weighted by Crippen LogP contribution is -2.44. The Balaban J connectivity index is 2.29. The Morgan fingerprint density at radius 1 is 1.25 bits per heavy atom. The summed E-state index contributed by atoms with van der Waals surface area (Å²) in [5, 5.41) is 3.43. The van der Waals surface area contributed by atoms with Crippen LogP contribution in [0.2, 0.25) is 0 Å². The van der Waals surface area contributed by atoms with Crippen LogP contribution in [0.4, 0.5) is 0 Å². The summed E-state index contributed by atoms with van der Waals surface area (Å²) in [4.78, 5) is 13.7. The zero-order valence-electron chi connectivity index (χ0n) is 11.0. The van der Waals surface area contributed by atoms with Gasteiger partial charge in [-0.15, -0.1) is 0 Å². The average Bonchev–Trinajstić information content (AvgIpc) is 2.29. The minimum absolute atomic E-state index is 0.239. The van der Waals surface area contributed by atoms with E-state index in [1.807, 2.05) is 18.7 Å². The van der Waals surface area contributed by atoms with Crippen molar-refractivity contribution < 1.29 is 4.79 Å². The van der Waals surface area contributed by atoms with E-state index in [-0.39, 0.29) is 5.91 Å². The third kappa shape index (κ3) is 3.78. The molecule has 1 rings (SSSR count). The molecule has 1 saturated carbocycles. The van der Waals surface area contributed by atoms with Crippen LogP contribution < -0.4 is 5.32 Å². The molecule has 0 saturated heterocycles. The molecule has 1 N–H and O–H groups in total. The Kier molecular flexibility index (Phi) is 5.81. The summed E-state index contributed by atoms with van der Waals surface area (Å²) in [5.41, 5.74) is 0. The second kappa shape index (κ2) is 6.89. The minimum Gasteiger partial charge on any atom is -0.342 e. The molecule has 0 radical (unpaired) electrons. The van der Waals surface area contributed by atoms with E-state index in [4.69, 9.17) is 0 Å². The summed E-state index contributed by atoms with van der Waals surface area (Å²) in [7, 11) is 0. The van der Waals surface area contributed by atoms with Crippen LogP contribution in [0.25, 0.3) is 0 Å². The summed E-state index contributed by atoms with van der Waals surface area (Å²) in [6.07, 6.45) is 5.19. The van der Waals surface area contributed by atoms with Crippen molar-refractivity contribution in [2.45, 2.75) is 52.5 Å². The van der Waals surface area contributed by atoms with E-state index in [1.54, 1.807) is 0 Å². The highest BCUT2D eigenvalue weighted by atomic mass is 16.2. The molecular weight excluding hydrogens is 200 g/mol. The van der Waals surface area contributed by atoms with Gasteiger partial charge in [0.05, 0.1) is 6.54 Å². The quantitative estimate of drug-likeness (QED) is 0.778. The maximum atomic E-state index is 11.8. The van der Waals surface area contributed by atoms with Crippen molar-refractivity contribution in [3.63, 3.8) is 0 Å². The number of hydrogen-bond acceptors (Lipinski definition) is 2. The molecule has 16 heavy (non-hydrogen) atoms. The van der Waals surface area contributed by atoms with Crippen molar-refractivity contribution >= 4 is 5.91 Å². The van der Waals surface area contributed by atoms with Crippen LogP contribution in [0, 0.1) is 5.92 Å². The number of nitrogens with one attached hydrogen (secondary N) is 1. The maximum absolute atomic E-state index is 11.8. The highest BCUT2D eigenvalue weighted by molar-refractivity contribution is 5.78. The first-order valence-electron chi connectivity index (χ1n) is 6.70. The third-order valence-electron chi connectivity index (χ3n) is 3.74. The summed E-state index contributed by atoms with van der Waals surface area (Å²) >= 11 is 0. The third-order valence-corrected chi connectivity index (χ3v) is 3.74. The molecule has 3 heteroatoms. The zero-order chi connectivity index (χ0) is 12.0. The van der Waals surface area contributed by atoms with Crippen LogP contribution in [0.5, 0.6) is 0 Å². The van der Waals surface area contributed by atoms with E-state index < -0.39 is 0 Å². The van der Waals surface area contributed by atoms with Gasteiger partial charge in [-0.05, 0) is 32.6 Å². The van der Waals surface area contributed by atoms with E-state index in [9.17, 15) is 4.79 Å². The minimum atomic E-state index is 0.239.